The Morgan fingerprint density at radius 1 is 1.21 bits per heavy atom. The smallest absolute Gasteiger partial charge is 0.327 e. The molecule has 3 amide bonds. The summed E-state index contributed by atoms with van der Waals surface area (Å²) in [6.07, 6.45) is 10.3. The number of pyridine rings is 1. The lowest BCUT2D eigenvalue weighted by molar-refractivity contribution is -0.135. The van der Waals surface area contributed by atoms with Crippen molar-refractivity contribution in [1.29, 1.82) is 0 Å². The van der Waals surface area contributed by atoms with E-state index in [1.54, 1.807) is 30.6 Å². The van der Waals surface area contributed by atoms with Crippen molar-refractivity contribution in [3.8, 4) is 0 Å². The zero-order chi connectivity index (χ0) is 19.6. The molecule has 2 aromatic heterocycles. The molecule has 2 saturated heterocycles. The molecule has 0 aliphatic carbocycles. The SMILES string of the molecule is CN1C(=O)N(Cc2cccnc2)C(=O)C12CCN(C/C=C/c1ccco1)CC2. The molecule has 0 aromatic carbocycles. The molecule has 0 N–H and O–H groups in total. The van der Waals surface area contributed by atoms with Gasteiger partial charge >= 0.3 is 6.03 Å². The topological polar surface area (TPSA) is 69.9 Å². The van der Waals surface area contributed by atoms with E-state index >= 15 is 0 Å². The van der Waals surface area contributed by atoms with Crippen molar-refractivity contribution in [2.24, 2.45) is 0 Å². The summed E-state index contributed by atoms with van der Waals surface area (Å²) in [5.74, 6) is 0.741. The first kappa shape index (κ1) is 18.4. The minimum atomic E-state index is -0.722. The summed E-state index contributed by atoms with van der Waals surface area (Å²) in [6.45, 7) is 2.61. The fourth-order valence-corrected chi connectivity index (χ4v) is 4.02. The van der Waals surface area contributed by atoms with Crippen LogP contribution in [0.3, 0.4) is 0 Å². The number of imide groups is 1. The number of urea groups is 1. The molecule has 2 aliphatic rings. The van der Waals surface area contributed by atoms with Gasteiger partial charge in [0.05, 0.1) is 12.8 Å². The third-order valence-corrected chi connectivity index (χ3v) is 5.74. The summed E-state index contributed by atoms with van der Waals surface area (Å²) in [7, 11) is 1.75. The van der Waals surface area contributed by atoms with Gasteiger partial charge in [-0.1, -0.05) is 12.1 Å². The van der Waals surface area contributed by atoms with Crippen LogP contribution in [0, 0.1) is 0 Å². The lowest BCUT2D eigenvalue weighted by Gasteiger charge is -2.40. The fourth-order valence-electron chi connectivity index (χ4n) is 4.02. The van der Waals surface area contributed by atoms with Gasteiger partial charge in [-0.05, 0) is 42.7 Å². The number of carbonyl (C=O) groups excluding carboxylic acids is 2. The number of rotatable bonds is 5. The first-order valence-electron chi connectivity index (χ1n) is 9.51. The van der Waals surface area contributed by atoms with E-state index in [1.165, 1.54) is 4.90 Å². The van der Waals surface area contributed by atoms with Gasteiger partial charge in [0.2, 0.25) is 0 Å². The van der Waals surface area contributed by atoms with Gasteiger partial charge in [-0.3, -0.25) is 19.6 Å². The van der Waals surface area contributed by atoms with Gasteiger partial charge in [-0.25, -0.2) is 4.79 Å². The first-order valence-corrected chi connectivity index (χ1v) is 9.51. The molecule has 2 aromatic rings. The Morgan fingerprint density at radius 3 is 2.71 bits per heavy atom. The second kappa shape index (κ2) is 7.59. The Bertz CT molecular complexity index is 855. The number of carbonyl (C=O) groups is 2. The average Bonchev–Trinajstić information content (AvgIpc) is 3.30. The number of furan rings is 1. The predicted molar refractivity (Wildman–Crippen MR) is 104 cm³/mol. The molecule has 4 heterocycles. The molecule has 2 fully saturated rings. The van der Waals surface area contributed by atoms with E-state index in [0.29, 0.717) is 12.8 Å². The molecule has 7 heteroatoms. The van der Waals surface area contributed by atoms with Gasteiger partial charge in [0.15, 0.2) is 0 Å². The highest BCUT2D eigenvalue weighted by Gasteiger charge is 2.56. The fraction of sp³-hybridized carbons (Fsp3) is 0.381. The maximum Gasteiger partial charge on any atom is 0.327 e. The molecule has 28 heavy (non-hydrogen) atoms. The van der Waals surface area contributed by atoms with Crippen molar-refractivity contribution in [3.63, 3.8) is 0 Å². The lowest BCUT2D eigenvalue weighted by Crippen LogP contribution is -2.55. The summed E-state index contributed by atoms with van der Waals surface area (Å²) in [4.78, 5) is 35.3. The summed E-state index contributed by atoms with van der Waals surface area (Å²) >= 11 is 0. The van der Waals surface area contributed by atoms with Crippen molar-refractivity contribution in [3.05, 3.63) is 60.3 Å². The molecule has 0 radical (unpaired) electrons. The molecular formula is C21H24N4O3. The zero-order valence-corrected chi connectivity index (χ0v) is 16.0. The Kier molecular flexibility index (Phi) is 5.00. The third kappa shape index (κ3) is 3.33. The largest absolute Gasteiger partial charge is 0.465 e. The van der Waals surface area contributed by atoms with Crippen molar-refractivity contribution < 1.29 is 14.0 Å². The molecule has 4 rings (SSSR count). The quantitative estimate of drug-likeness (QED) is 0.746. The van der Waals surface area contributed by atoms with Crippen LogP contribution in [0.2, 0.25) is 0 Å². The molecule has 0 saturated carbocycles. The Labute approximate surface area is 164 Å². The highest BCUT2D eigenvalue weighted by molar-refractivity contribution is 6.06. The molecule has 2 aliphatic heterocycles. The second-order valence-corrected chi connectivity index (χ2v) is 7.34. The van der Waals surface area contributed by atoms with E-state index in [2.05, 4.69) is 16.0 Å². The van der Waals surface area contributed by atoms with Crippen molar-refractivity contribution in [1.82, 2.24) is 19.7 Å². The minimum absolute atomic E-state index is 0.0883. The number of aromatic nitrogens is 1. The number of hydrogen-bond donors (Lipinski definition) is 0. The highest BCUT2D eigenvalue weighted by Crippen LogP contribution is 2.36. The van der Waals surface area contributed by atoms with Gasteiger partial charge in [0.25, 0.3) is 5.91 Å². The number of nitrogens with zero attached hydrogens (tertiary/aromatic N) is 4. The van der Waals surface area contributed by atoms with E-state index in [9.17, 15) is 9.59 Å². The highest BCUT2D eigenvalue weighted by atomic mass is 16.3. The summed E-state index contributed by atoms with van der Waals surface area (Å²) < 4.78 is 5.30. The van der Waals surface area contributed by atoms with Gasteiger partial charge in [0, 0.05) is 39.1 Å². The van der Waals surface area contributed by atoms with Gasteiger partial charge in [0.1, 0.15) is 11.3 Å². The van der Waals surface area contributed by atoms with Crippen LogP contribution >= 0.6 is 0 Å². The van der Waals surface area contributed by atoms with E-state index in [0.717, 1.165) is 31.0 Å². The van der Waals surface area contributed by atoms with Crippen molar-refractivity contribution in [2.45, 2.75) is 24.9 Å². The zero-order valence-electron chi connectivity index (χ0n) is 16.0. The van der Waals surface area contributed by atoms with Crippen LogP contribution in [-0.4, -0.2) is 63.8 Å². The molecule has 7 nitrogen and oxygen atoms in total. The van der Waals surface area contributed by atoms with E-state index in [4.69, 9.17) is 4.42 Å². The molecule has 146 valence electrons. The Balaban J connectivity index is 1.39. The number of likely N-dealkylation sites (tertiary alicyclic amines) is 1. The van der Waals surface area contributed by atoms with Crippen LogP contribution in [-0.2, 0) is 11.3 Å². The number of amides is 3. The molecular weight excluding hydrogens is 356 g/mol. The van der Waals surface area contributed by atoms with Crippen molar-refractivity contribution >= 4 is 18.0 Å². The molecule has 0 unspecified atom stereocenters. The van der Waals surface area contributed by atoms with Crippen LogP contribution in [0.25, 0.3) is 6.08 Å². The minimum Gasteiger partial charge on any atom is -0.465 e. The second-order valence-electron chi connectivity index (χ2n) is 7.34. The number of hydrogen-bond acceptors (Lipinski definition) is 5. The first-order chi connectivity index (χ1) is 13.6. The summed E-state index contributed by atoms with van der Waals surface area (Å²) in [6, 6.07) is 7.25. The maximum absolute atomic E-state index is 13.2. The molecule has 0 bridgehead atoms. The van der Waals surface area contributed by atoms with E-state index in [1.807, 2.05) is 30.3 Å². The van der Waals surface area contributed by atoms with Crippen LogP contribution in [0.5, 0.6) is 0 Å². The van der Waals surface area contributed by atoms with Crippen molar-refractivity contribution in [2.75, 3.05) is 26.7 Å². The monoisotopic (exact) mass is 380 g/mol. The summed E-state index contributed by atoms with van der Waals surface area (Å²) in [5, 5.41) is 0. The Morgan fingerprint density at radius 2 is 2.04 bits per heavy atom. The Hall–Kier alpha value is -2.93. The molecule has 0 atom stereocenters. The van der Waals surface area contributed by atoms with Crippen LogP contribution in [0.4, 0.5) is 4.79 Å². The van der Waals surface area contributed by atoms with Crippen LogP contribution in [0.1, 0.15) is 24.2 Å². The third-order valence-electron chi connectivity index (χ3n) is 5.74. The van der Waals surface area contributed by atoms with E-state index in [-0.39, 0.29) is 18.5 Å². The number of likely N-dealkylation sites (N-methyl/N-ethyl adjacent to an activating group) is 1. The maximum atomic E-state index is 13.2. The predicted octanol–water partition coefficient (Wildman–Crippen LogP) is 2.62. The normalized spacial score (nSPS) is 20.0. The molecule has 1 spiro atoms. The van der Waals surface area contributed by atoms with Crippen LogP contribution in [0.15, 0.2) is 53.4 Å². The standard InChI is InChI=1S/C21H24N4O3/c1-23-20(27)25(16-17-5-2-10-22-15-17)19(26)21(23)8-12-24(13-9-21)11-3-6-18-7-4-14-28-18/h2-7,10,14-15H,8-9,11-13,16H2,1H3/b6-3+. The summed E-state index contributed by atoms with van der Waals surface area (Å²) in [5.41, 5.74) is 0.135. The van der Waals surface area contributed by atoms with Crippen LogP contribution < -0.4 is 0 Å². The average molecular weight is 380 g/mol. The van der Waals surface area contributed by atoms with Gasteiger partial charge in [-0.2, -0.15) is 0 Å². The van der Waals surface area contributed by atoms with Gasteiger partial charge < -0.3 is 9.32 Å². The lowest BCUT2D eigenvalue weighted by atomic mass is 9.86. The van der Waals surface area contributed by atoms with Gasteiger partial charge in [-0.15, -0.1) is 0 Å². The van der Waals surface area contributed by atoms with E-state index < -0.39 is 5.54 Å². The number of piperidine rings is 1.